The summed E-state index contributed by atoms with van der Waals surface area (Å²) in [5, 5.41) is 24.4. The summed E-state index contributed by atoms with van der Waals surface area (Å²) in [4.78, 5) is 0. The second-order valence-electron chi connectivity index (χ2n) is 4.80. The normalized spacial score (nSPS) is 10.7. The van der Waals surface area contributed by atoms with Crippen molar-refractivity contribution in [2.45, 2.75) is 26.3 Å². The van der Waals surface area contributed by atoms with Crippen molar-refractivity contribution in [3.8, 4) is 11.5 Å². The van der Waals surface area contributed by atoms with E-state index in [0.29, 0.717) is 11.4 Å². The quantitative estimate of drug-likeness (QED) is 0.754. The number of aromatic hydroxyl groups is 2. The molecule has 0 spiro atoms. The van der Waals surface area contributed by atoms with E-state index in [0.717, 1.165) is 18.4 Å². The summed E-state index contributed by atoms with van der Waals surface area (Å²) in [7, 11) is 0. The van der Waals surface area contributed by atoms with Gasteiger partial charge in [-0.3, -0.25) is 0 Å². The fourth-order valence-corrected chi connectivity index (χ4v) is 2.11. The van der Waals surface area contributed by atoms with Crippen LogP contribution in [0.4, 0.5) is 0 Å². The molecule has 2 rings (SSSR count). The van der Waals surface area contributed by atoms with Gasteiger partial charge in [-0.15, -0.1) is 12.4 Å². The van der Waals surface area contributed by atoms with Gasteiger partial charge in [0.1, 0.15) is 0 Å². The van der Waals surface area contributed by atoms with Crippen LogP contribution in [0.15, 0.2) is 30.3 Å². The molecule has 0 aliphatic carbocycles. The van der Waals surface area contributed by atoms with Gasteiger partial charge in [-0.2, -0.15) is 0 Å². The van der Waals surface area contributed by atoms with Gasteiger partial charge in [-0.05, 0) is 30.0 Å². The zero-order chi connectivity index (χ0) is 13.1. The van der Waals surface area contributed by atoms with Crippen molar-refractivity contribution in [1.82, 2.24) is 5.32 Å². The Bertz CT molecular complexity index is 555. The van der Waals surface area contributed by atoms with Gasteiger partial charge >= 0.3 is 0 Å². The molecule has 0 saturated carbocycles. The van der Waals surface area contributed by atoms with Crippen molar-refractivity contribution in [3.05, 3.63) is 35.9 Å². The molecule has 2 aromatic rings. The van der Waals surface area contributed by atoms with Crippen LogP contribution >= 0.6 is 12.4 Å². The van der Waals surface area contributed by atoms with Crippen LogP contribution in [-0.4, -0.2) is 22.8 Å². The van der Waals surface area contributed by atoms with Gasteiger partial charge in [0.15, 0.2) is 11.5 Å². The van der Waals surface area contributed by atoms with Crippen LogP contribution in [0.5, 0.6) is 11.5 Å². The third-order valence-corrected chi connectivity index (χ3v) is 3.05. The molecule has 0 unspecified atom stereocenters. The number of rotatable bonds is 4. The third-order valence-electron chi connectivity index (χ3n) is 3.05. The molecule has 19 heavy (non-hydrogen) atoms. The molecule has 0 bridgehead atoms. The highest BCUT2D eigenvalue weighted by Gasteiger charge is 2.08. The van der Waals surface area contributed by atoms with E-state index in [1.165, 1.54) is 11.6 Å². The van der Waals surface area contributed by atoms with Crippen LogP contribution < -0.4 is 5.32 Å². The van der Waals surface area contributed by atoms with Gasteiger partial charge in [0.2, 0.25) is 0 Å². The minimum Gasteiger partial charge on any atom is -0.504 e. The molecule has 3 nitrogen and oxygen atoms in total. The molecule has 2 aromatic carbocycles. The number of halogens is 1. The predicted molar refractivity (Wildman–Crippen MR) is 81.4 cm³/mol. The maximum absolute atomic E-state index is 9.83. The summed E-state index contributed by atoms with van der Waals surface area (Å²) in [6.07, 6.45) is 0.903. The Balaban J connectivity index is 0.00000180. The highest BCUT2D eigenvalue weighted by molar-refractivity contribution is 5.92. The largest absolute Gasteiger partial charge is 0.504 e. The first-order valence-corrected chi connectivity index (χ1v) is 6.25. The van der Waals surface area contributed by atoms with Crippen LogP contribution in [0.2, 0.25) is 0 Å². The minimum atomic E-state index is -0.0695. The molecule has 0 aromatic heterocycles. The van der Waals surface area contributed by atoms with E-state index < -0.39 is 0 Å². The Labute approximate surface area is 119 Å². The number of fused-ring (bicyclic) bond motifs is 1. The minimum absolute atomic E-state index is 0. The van der Waals surface area contributed by atoms with Gasteiger partial charge in [0.05, 0.1) is 0 Å². The number of phenolic OH excluding ortho intramolecular Hbond substituents is 2. The molecule has 104 valence electrons. The highest BCUT2D eigenvalue weighted by Crippen LogP contribution is 2.34. The lowest BCUT2D eigenvalue weighted by molar-refractivity contribution is 0.408. The monoisotopic (exact) mass is 281 g/mol. The van der Waals surface area contributed by atoms with E-state index in [1.54, 1.807) is 0 Å². The lowest BCUT2D eigenvalue weighted by Crippen LogP contribution is -2.24. The van der Waals surface area contributed by atoms with Gasteiger partial charge in [-0.25, -0.2) is 0 Å². The topological polar surface area (TPSA) is 52.5 Å². The van der Waals surface area contributed by atoms with Crippen molar-refractivity contribution in [1.29, 1.82) is 0 Å². The van der Waals surface area contributed by atoms with Gasteiger partial charge in [0.25, 0.3) is 0 Å². The Morgan fingerprint density at radius 1 is 1.05 bits per heavy atom. The molecule has 3 N–H and O–H groups in total. The summed E-state index contributed by atoms with van der Waals surface area (Å²) in [5.74, 6) is -0.105. The Morgan fingerprint density at radius 2 is 1.79 bits per heavy atom. The Morgan fingerprint density at radius 3 is 2.47 bits per heavy atom. The lowest BCUT2D eigenvalue weighted by Gasteiger charge is -2.11. The van der Waals surface area contributed by atoms with Gasteiger partial charge < -0.3 is 15.5 Å². The molecular weight excluding hydrogens is 262 g/mol. The molecule has 0 saturated heterocycles. The van der Waals surface area contributed by atoms with Crippen molar-refractivity contribution in [2.24, 2.45) is 0 Å². The fraction of sp³-hybridized carbons (Fsp3) is 0.333. The van der Waals surface area contributed by atoms with E-state index in [2.05, 4.69) is 25.2 Å². The predicted octanol–water partition coefficient (Wildman–Crippen LogP) is 3.21. The molecule has 0 heterocycles. The second-order valence-corrected chi connectivity index (χ2v) is 4.80. The molecule has 0 atom stereocenters. The van der Waals surface area contributed by atoms with E-state index in [9.17, 15) is 10.2 Å². The third kappa shape index (κ3) is 3.52. The van der Waals surface area contributed by atoms with Crippen LogP contribution in [0.3, 0.4) is 0 Å². The molecule has 4 heteroatoms. The van der Waals surface area contributed by atoms with Crippen LogP contribution in [0.1, 0.15) is 19.4 Å². The molecule has 0 aliphatic rings. The first-order chi connectivity index (χ1) is 8.59. The van der Waals surface area contributed by atoms with Crippen LogP contribution in [0, 0.1) is 0 Å². The first-order valence-electron chi connectivity index (χ1n) is 6.25. The smallest absolute Gasteiger partial charge is 0.165 e. The average Bonchev–Trinajstić information content (AvgIpc) is 2.34. The summed E-state index contributed by atoms with van der Waals surface area (Å²) in [6.45, 7) is 5.14. The fourth-order valence-electron chi connectivity index (χ4n) is 2.11. The van der Waals surface area contributed by atoms with Crippen LogP contribution in [-0.2, 0) is 6.42 Å². The van der Waals surface area contributed by atoms with E-state index in [-0.39, 0.29) is 23.9 Å². The van der Waals surface area contributed by atoms with E-state index >= 15 is 0 Å². The first kappa shape index (κ1) is 15.6. The summed E-state index contributed by atoms with van der Waals surface area (Å²) in [5.41, 5.74) is 1.18. The molecule has 0 fully saturated rings. The summed E-state index contributed by atoms with van der Waals surface area (Å²) in [6, 6.07) is 9.65. The van der Waals surface area contributed by atoms with E-state index in [4.69, 9.17) is 0 Å². The maximum atomic E-state index is 9.83. The van der Waals surface area contributed by atoms with Crippen molar-refractivity contribution < 1.29 is 10.2 Å². The Hall–Kier alpha value is -1.45. The van der Waals surface area contributed by atoms with Crippen molar-refractivity contribution >= 4 is 23.2 Å². The molecular formula is C15H20ClNO2. The van der Waals surface area contributed by atoms with Crippen molar-refractivity contribution in [2.75, 3.05) is 6.54 Å². The standard InChI is InChI=1S/C15H19NO2.ClH/c1-10(2)16-9-8-11-4-3-5-13-12(11)6-7-14(17)15(13)18;/h3-7,10,16-18H,8-9H2,1-2H3;1H. The van der Waals surface area contributed by atoms with Gasteiger partial charge in [0, 0.05) is 11.4 Å². The lowest BCUT2D eigenvalue weighted by atomic mass is 10.0. The molecule has 0 radical (unpaired) electrons. The number of hydrogen-bond acceptors (Lipinski definition) is 3. The SMILES string of the molecule is CC(C)NCCc1cccc2c(O)c(O)ccc12.Cl. The maximum Gasteiger partial charge on any atom is 0.165 e. The molecule has 0 amide bonds. The summed E-state index contributed by atoms with van der Waals surface area (Å²) < 4.78 is 0. The van der Waals surface area contributed by atoms with Crippen molar-refractivity contribution in [3.63, 3.8) is 0 Å². The number of nitrogens with one attached hydrogen (secondary N) is 1. The number of benzene rings is 2. The zero-order valence-corrected chi connectivity index (χ0v) is 12.0. The number of phenols is 2. The second kappa shape index (κ2) is 6.64. The van der Waals surface area contributed by atoms with Gasteiger partial charge in [-0.1, -0.05) is 38.1 Å². The highest BCUT2D eigenvalue weighted by atomic mass is 35.5. The zero-order valence-electron chi connectivity index (χ0n) is 11.2. The summed E-state index contributed by atoms with van der Waals surface area (Å²) >= 11 is 0. The molecule has 0 aliphatic heterocycles. The average molecular weight is 282 g/mol. The number of hydrogen-bond donors (Lipinski definition) is 3. The van der Waals surface area contributed by atoms with Crippen LogP contribution in [0.25, 0.3) is 10.8 Å². The Kier molecular flexibility index (Phi) is 5.45. The van der Waals surface area contributed by atoms with E-state index in [1.807, 2.05) is 18.2 Å².